The van der Waals surface area contributed by atoms with Crippen LogP contribution in [0.4, 0.5) is 0 Å². The number of rotatable bonds is 8. The van der Waals surface area contributed by atoms with Crippen LogP contribution in [0.25, 0.3) is 6.08 Å². The lowest BCUT2D eigenvalue weighted by Gasteiger charge is -2.05. The number of esters is 1. The van der Waals surface area contributed by atoms with E-state index in [2.05, 4.69) is 6.92 Å². The van der Waals surface area contributed by atoms with E-state index in [-0.39, 0.29) is 5.97 Å². The molecule has 0 aliphatic carbocycles. The molecule has 1 aromatic rings. The lowest BCUT2D eigenvalue weighted by Crippen LogP contribution is -2.07. The Kier molecular flexibility index (Phi) is 7.64. The largest absolute Gasteiger partial charge is 0.462 e. The summed E-state index contributed by atoms with van der Waals surface area (Å²) in [4.78, 5) is 11.7. The molecule has 0 amide bonds. The molecule has 0 aromatic heterocycles. The molecule has 0 unspecified atom stereocenters. The Bertz CT molecular complexity index is 393. The summed E-state index contributed by atoms with van der Waals surface area (Å²) < 4.78 is 5.25. The Morgan fingerprint density at radius 3 is 2.47 bits per heavy atom. The van der Waals surface area contributed by atoms with E-state index in [1.807, 2.05) is 36.4 Å². The van der Waals surface area contributed by atoms with Crippen LogP contribution in [0.15, 0.2) is 35.9 Å². The quantitative estimate of drug-likeness (QED) is 0.388. The molecule has 0 saturated carbocycles. The molecule has 1 rings (SSSR count). The van der Waals surface area contributed by atoms with Gasteiger partial charge >= 0.3 is 5.97 Å². The standard InChI is InChI=1S/C17H24O2/c1-3-4-5-6-10-13-19-17(18)15(2)14-16-11-8-7-9-12-16/h7-9,11-12,14H,3-6,10,13H2,1-2H3/b15-14+. The van der Waals surface area contributed by atoms with Crippen molar-refractivity contribution >= 4 is 12.0 Å². The van der Waals surface area contributed by atoms with Crippen molar-refractivity contribution in [2.24, 2.45) is 0 Å². The van der Waals surface area contributed by atoms with Crippen LogP contribution in [0.5, 0.6) is 0 Å². The number of unbranched alkanes of at least 4 members (excludes halogenated alkanes) is 4. The molecule has 0 aliphatic heterocycles. The van der Waals surface area contributed by atoms with Gasteiger partial charge in [0.1, 0.15) is 0 Å². The van der Waals surface area contributed by atoms with E-state index < -0.39 is 0 Å². The van der Waals surface area contributed by atoms with E-state index in [1.54, 1.807) is 6.92 Å². The number of carbonyl (C=O) groups excluding carboxylic acids is 1. The van der Waals surface area contributed by atoms with E-state index in [9.17, 15) is 4.79 Å². The predicted octanol–water partition coefficient (Wildman–Crippen LogP) is 4.60. The maximum absolute atomic E-state index is 11.7. The first-order valence-corrected chi connectivity index (χ1v) is 7.14. The van der Waals surface area contributed by atoms with Crippen molar-refractivity contribution in [1.29, 1.82) is 0 Å². The number of hydrogen-bond acceptors (Lipinski definition) is 2. The molecule has 0 spiro atoms. The van der Waals surface area contributed by atoms with Gasteiger partial charge < -0.3 is 4.74 Å². The van der Waals surface area contributed by atoms with E-state index in [1.165, 1.54) is 19.3 Å². The Balaban J connectivity index is 2.27. The third kappa shape index (κ3) is 6.80. The van der Waals surface area contributed by atoms with Crippen molar-refractivity contribution in [3.63, 3.8) is 0 Å². The minimum Gasteiger partial charge on any atom is -0.462 e. The van der Waals surface area contributed by atoms with E-state index >= 15 is 0 Å². The van der Waals surface area contributed by atoms with Crippen LogP contribution in [-0.4, -0.2) is 12.6 Å². The first-order valence-electron chi connectivity index (χ1n) is 7.14. The predicted molar refractivity (Wildman–Crippen MR) is 79.8 cm³/mol. The molecular formula is C17H24O2. The van der Waals surface area contributed by atoms with Crippen LogP contribution >= 0.6 is 0 Å². The summed E-state index contributed by atoms with van der Waals surface area (Å²) in [5.74, 6) is -0.209. The molecule has 0 saturated heterocycles. The fourth-order valence-corrected chi connectivity index (χ4v) is 1.84. The van der Waals surface area contributed by atoms with Gasteiger partial charge in [-0.25, -0.2) is 4.79 Å². The Labute approximate surface area is 116 Å². The van der Waals surface area contributed by atoms with Gasteiger partial charge in [-0.1, -0.05) is 62.9 Å². The van der Waals surface area contributed by atoms with Crippen LogP contribution in [-0.2, 0) is 9.53 Å². The average molecular weight is 260 g/mol. The molecule has 0 aliphatic rings. The third-order valence-corrected chi connectivity index (χ3v) is 2.99. The molecule has 0 N–H and O–H groups in total. The summed E-state index contributed by atoms with van der Waals surface area (Å²) >= 11 is 0. The zero-order valence-corrected chi connectivity index (χ0v) is 12.0. The molecule has 19 heavy (non-hydrogen) atoms. The second kappa shape index (κ2) is 9.37. The number of hydrogen-bond donors (Lipinski definition) is 0. The molecule has 0 bridgehead atoms. The van der Waals surface area contributed by atoms with Gasteiger partial charge in [0, 0.05) is 5.57 Å². The van der Waals surface area contributed by atoms with Gasteiger partial charge in [-0.15, -0.1) is 0 Å². The summed E-state index contributed by atoms with van der Waals surface area (Å²) in [5, 5.41) is 0. The summed E-state index contributed by atoms with van der Waals surface area (Å²) in [5.41, 5.74) is 1.68. The number of carbonyl (C=O) groups is 1. The van der Waals surface area contributed by atoms with Gasteiger partial charge in [0.05, 0.1) is 6.61 Å². The highest BCUT2D eigenvalue weighted by molar-refractivity contribution is 5.92. The second-order valence-corrected chi connectivity index (χ2v) is 4.79. The smallest absolute Gasteiger partial charge is 0.333 e. The van der Waals surface area contributed by atoms with Crippen LogP contribution in [0.1, 0.15) is 51.5 Å². The Hall–Kier alpha value is -1.57. The van der Waals surface area contributed by atoms with Crippen molar-refractivity contribution < 1.29 is 9.53 Å². The van der Waals surface area contributed by atoms with Gasteiger partial charge in [0.25, 0.3) is 0 Å². The third-order valence-electron chi connectivity index (χ3n) is 2.99. The van der Waals surface area contributed by atoms with E-state index in [4.69, 9.17) is 4.74 Å². The second-order valence-electron chi connectivity index (χ2n) is 4.79. The summed E-state index contributed by atoms with van der Waals surface area (Å²) in [6.07, 6.45) is 7.69. The number of benzene rings is 1. The van der Waals surface area contributed by atoms with Crippen molar-refractivity contribution in [3.05, 3.63) is 41.5 Å². The Morgan fingerprint density at radius 1 is 1.11 bits per heavy atom. The summed E-state index contributed by atoms with van der Waals surface area (Å²) in [6.45, 7) is 4.52. The fourth-order valence-electron chi connectivity index (χ4n) is 1.84. The van der Waals surface area contributed by atoms with Crippen molar-refractivity contribution in [3.8, 4) is 0 Å². The lowest BCUT2D eigenvalue weighted by atomic mass is 10.1. The van der Waals surface area contributed by atoms with Crippen LogP contribution in [0, 0.1) is 0 Å². The minimum atomic E-state index is -0.209. The topological polar surface area (TPSA) is 26.3 Å². The van der Waals surface area contributed by atoms with Gasteiger partial charge in [-0.3, -0.25) is 0 Å². The highest BCUT2D eigenvalue weighted by Crippen LogP contribution is 2.08. The van der Waals surface area contributed by atoms with Crippen LogP contribution < -0.4 is 0 Å². The summed E-state index contributed by atoms with van der Waals surface area (Å²) in [7, 11) is 0. The molecule has 0 atom stereocenters. The highest BCUT2D eigenvalue weighted by Gasteiger charge is 2.05. The van der Waals surface area contributed by atoms with E-state index in [0.29, 0.717) is 12.2 Å². The maximum atomic E-state index is 11.7. The SMILES string of the molecule is CCCCCCCOC(=O)/C(C)=C/c1ccccc1. The van der Waals surface area contributed by atoms with Gasteiger partial charge in [-0.2, -0.15) is 0 Å². The fraction of sp³-hybridized carbons (Fsp3) is 0.471. The monoisotopic (exact) mass is 260 g/mol. The lowest BCUT2D eigenvalue weighted by molar-refractivity contribution is -0.139. The van der Waals surface area contributed by atoms with Crippen LogP contribution in [0.3, 0.4) is 0 Å². The normalized spacial score (nSPS) is 11.4. The summed E-state index contributed by atoms with van der Waals surface area (Å²) in [6, 6.07) is 9.82. The molecule has 0 heterocycles. The molecule has 2 nitrogen and oxygen atoms in total. The molecule has 1 aromatic carbocycles. The van der Waals surface area contributed by atoms with Crippen molar-refractivity contribution in [1.82, 2.24) is 0 Å². The van der Waals surface area contributed by atoms with Crippen molar-refractivity contribution in [2.45, 2.75) is 46.0 Å². The zero-order chi connectivity index (χ0) is 13.9. The minimum absolute atomic E-state index is 0.209. The number of ether oxygens (including phenoxy) is 1. The first-order chi connectivity index (χ1) is 9.24. The Morgan fingerprint density at radius 2 is 1.79 bits per heavy atom. The van der Waals surface area contributed by atoms with E-state index in [0.717, 1.165) is 18.4 Å². The zero-order valence-electron chi connectivity index (χ0n) is 12.0. The van der Waals surface area contributed by atoms with Gasteiger partial charge in [0.15, 0.2) is 0 Å². The molecular weight excluding hydrogens is 236 g/mol. The molecule has 2 heteroatoms. The molecule has 0 fully saturated rings. The molecule has 104 valence electrons. The van der Waals surface area contributed by atoms with Crippen molar-refractivity contribution in [2.75, 3.05) is 6.61 Å². The van der Waals surface area contributed by atoms with Gasteiger partial charge in [0.2, 0.25) is 0 Å². The highest BCUT2D eigenvalue weighted by atomic mass is 16.5. The molecule has 0 radical (unpaired) electrons. The maximum Gasteiger partial charge on any atom is 0.333 e. The van der Waals surface area contributed by atoms with Gasteiger partial charge in [-0.05, 0) is 25.0 Å². The first kappa shape index (κ1) is 15.5. The average Bonchev–Trinajstić information content (AvgIpc) is 2.43. The van der Waals surface area contributed by atoms with Crippen LogP contribution in [0.2, 0.25) is 0 Å².